The van der Waals surface area contributed by atoms with Crippen molar-refractivity contribution in [3.8, 4) is 5.75 Å². The van der Waals surface area contributed by atoms with E-state index in [4.69, 9.17) is 25.2 Å². The van der Waals surface area contributed by atoms with Gasteiger partial charge in [-0.3, -0.25) is 4.90 Å². The van der Waals surface area contributed by atoms with Crippen molar-refractivity contribution in [2.45, 2.75) is 70.9 Å². The number of benzene rings is 3. The summed E-state index contributed by atoms with van der Waals surface area (Å²) in [6, 6.07) is 28.6. The van der Waals surface area contributed by atoms with Crippen LogP contribution in [-0.4, -0.2) is 68.1 Å². The molecular formula is C32H40BrNO7. The number of carboxylic acid groups (broad SMARTS) is 2. The first-order chi connectivity index (χ1) is 19.4. The Kier molecular flexibility index (Phi) is 14.0. The fraction of sp³-hybridized carbons (Fsp3) is 0.375. The number of halogens is 1. The Labute approximate surface area is 250 Å². The van der Waals surface area contributed by atoms with Gasteiger partial charge < -0.3 is 25.2 Å². The zero-order valence-electron chi connectivity index (χ0n) is 23.9. The Hall–Kier alpha value is -3.24. The van der Waals surface area contributed by atoms with Crippen LogP contribution in [-0.2, 0) is 16.2 Å². The van der Waals surface area contributed by atoms with Gasteiger partial charge in [0.05, 0.1) is 0 Å². The van der Waals surface area contributed by atoms with E-state index in [1.165, 1.54) is 16.7 Å². The van der Waals surface area contributed by atoms with Gasteiger partial charge in [0.1, 0.15) is 12.4 Å². The molecule has 0 unspecified atom stereocenters. The molecule has 0 heterocycles. The lowest BCUT2D eigenvalue weighted by molar-refractivity contribution is -0.165. The minimum Gasteiger partial charge on any atom is -0.489 e. The summed E-state index contributed by atoms with van der Waals surface area (Å²) >= 11 is 3.69. The van der Waals surface area contributed by atoms with E-state index in [1.807, 2.05) is 6.07 Å². The lowest BCUT2D eigenvalue weighted by atomic mass is 9.87. The predicted octanol–water partition coefficient (Wildman–Crippen LogP) is 5.55. The molecule has 0 fully saturated rings. The van der Waals surface area contributed by atoms with Crippen molar-refractivity contribution in [3.63, 3.8) is 0 Å². The Bertz CT molecular complexity index is 1200. The second kappa shape index (κ2) is 16.9. The van der Waals surface area contributed by atoms with Gasteiger partial charge in [0.25, 0.3) is 0 Å². The molecule has 8 nitrogen and oxygen atoms in total. The van der Waals surface area contributed by atoms with Crippen molar-refractivity contribution in [3.05, 3.63) is 100 Å². The second-order valence-electron chi connectivity index (χ2n) is 10.2. The summed E-state index contributed by atoms with van der Waals surface area (Å²) in [5.41, 5.74) is 3.75. The molecule has 0 aliphatic heterocycles. The van der Waals surface area contributed by atoms with Gasteiger partial charge in [0.15, 0.2) is 12.2 Å². The third kappa shape index (κ3) is 10.9. The lowest BCUT2D eigenvalue weighted by Gasteiger charge is -2.32. The molecule has 0 aromatic heterocycles. The number of carbonyl (C=O) groups is 2. The first-order valence-electron chi connectivity index (χ1n) is 13.5. The van der Waals surface area contributed by atoms with Crippen LogP contribution in [0.2, 0.25) is 0 Å². The highest BCUT2D eigenvalue weighted by atomic mass is 79.9. The number of nitrogens with zero attached hydrogens (tertiary/aromatic N) is 1. The SMILES string of the molecule is CC(C)N(CC[C@H](c1ccccc1)c1cc(Br)ccc1OCc1ccccc1)C(C)C.O=C(O)[C@@H](O)[C@H](O)C(=O)O. The van der Waals surface area contributed by atoms with Gasteiger partial charge in [-0.15, -0.1) is 0 Å². The van der Waals surface area contributed by atoms with Crippen LogP contribution < -0.4 is 4.74 Å². The Morgan fingerprint density at radius 2 is 1.32 bits per heavy atom. The fourth-order valence-corrected chi connectivity index (χ4v) is 4.89. The first-order valence-corrected chi connectivity index (χ1v) is 14.3. The Morgan fingerprint density at radius 1 is 0.805 bits per heavy atom. The van der Waals surface area contributed by atoms with Crippen LogP contribution in [0.15, 0.2) is 83.3 Å². The van der Waals surface area contributed by atoms with E-state index in [0.29, 0.717) is 18.7 Å². The average Bonchev–Trinajstić information content (AvgIpc) is 2.94. The van der Waals surface area contributed by atoms with Crippen molar-refractivity contribution in [1.29, 1.82) is 0 Å². The summed E-state index contributed by atoms with van der Waals surface area (Å²) in [4.78, 5) is 22.1. The van der Waals surface area contributed by atoms with Gasteiger partial charge in [-0.2, -0.15) is 0 Å². The smallest absolute Gasteiger partial charge is 0.335 e. The second-order valence-corrected chi connectivity index (χ2v) is 11.1. The van der Waals surface area contributed by atoms with Crippen LogP contribution in [0.5, 0.6) is 5.75 Å². The number of carboxylic acids is 2. The number of hydrogen-bond donors (Lipinski definition) is 4. The maximum atomic E-state index is 9.77. The summed E-state index contributed by atoms with van der Waals surface area (Å²) in [6.07, 6.45) is -3.49. The van der Waals surface area contributed by atoms with Crippen LogP contribution >= 0.6 is 15.9 Å². The molecule has 0 amide bonds. The van der Waals surface area contributed by atoms with Crippen molar-refractivity contribution in [2.75, 3.05) is 6.54 Å². The predicted molar refractivity (Wildman–Crippen MR) is 162 cm³/mol. The molecule has 0 saturated heterocycles. The Morgan fingerprint density at radius 3 is 1.80 bits per heavy atom. The summed E-state index contributed by atoms with van der Waals surface area (Å²) in [7, 11) is 0. The fourth-order valence-electron chi connectivity index (χ4n) is 4.51. The maximum Gasteiger partial charge on any atom is 0.335 e. The molecule has 3 aromatic carbocycles. The van der Waals surface area contributed by atoms with E-state index in [0.717, 1.165) is 23.2 Å². The minimum atomic E-state index is -2.27. The van der Waals surface area contributed by atoms with Crippen molar-refractivity contribution >= 4 is 27.9 Å². The number of hydrogen-bond acceptors (Lipinski definition) is 6. The zero-order chi connectivity index (χ0) is 30.5. The van der Waals surface area contributed by atoms with Gasteiger partial charge in [-0.1, -0.05) is 76.6 Å². The summed E-state index contributed by atoms with van der Waals surface area (Å²) in [5, 5.41) is 32.5. The van der Waals surface area contributed by atoms with E-state index in [1.54, 1.807) is 0 Å². The normalized spacial score (nSPS) is 13.3. The standard InChI is InChI=1S/C28H34BrNO.C4H6O6/c1-21(2)30(22(3)4)18-17-26(24-13-9-6-10-14-24)27-19-25(29)15-16-28(27)31-20-23-11-7-5-8-12-23;5-1(3(7)8)2(6)4(9)10/h5-16,19,21-22,26H,17-18,20H2,1-4H3;1-2,5-6H,(H,7,8)(H,9,10)/t26-;1-,2-/m10/s1. The van der Waals surface area contributed by atoms with Gasteiger partial charge in [-0.25, -0.2) is 9.59 Å². The minimum absolute atomic E-state index is 0.268. The van der Waals surface area contributed by atoms with E-state index in [9.17, 15) is 9.59 Å². The molecule has 3 rings (SSSR count). The van der Waals surface area contributed by atoms with Gasteiger partial charge >= 0.3 is 11.9 Å². The molecule has 0 aliphatic rings. The van der Waals surface area contributed by atoms with Crippen molar-refractivity contribution < 1.29 is 34.8 Å². The van der Waals surface area contributed by atoms with E-state index in [-0.39, 0.29) is 5.92 Å². The van der Waals surface area contributed by atoms with Crippen LogP contribution in [0.3, 0.4) is 0 Å². The van der Waals surface area contributed by atoms with Crippen molar-refractivity contribution in [1.82, 2.24) is 4.90 Å². The van der Waals surface area contributed by atoms with Crippen LogP contribution in [0.4, 0.5) is 0 Å². The lowest BCUT2D eigenvalue weighted by Crippen LogP contribution is -2.39. The van der Waals surface area contributed by atoms with E-state index < -0.39 is 24.1 Å². The molecule has 0 aliphatic carbocycles. The summed E-state index contributed by atoms with van der Waals surface area (Å²) in [6.45, 7) is 10.7. The van der Waals surface area contributed by atoms with Crippen molar-refractivity contribution in [2.24, 2.45) is 0 Å². The molecule has 0 radical (unpaired) electrons. The molecule has 0 saturated carbocycles. The quantitative estimate of drug-likeness (QED) is 0.194. The summed E-state index contributed by atoms with van der Waals surface area (Å²) < 4.78 is 7.43. The van der Waals surface area contributed by atoms with E-state index >= 15 is 0 Å². The number of aliphatic carboxylic acids is 2. The molecule has 3 atom stereocenters. The van der Waals surface area contributed by atoms with E-state index in [2.05, 4.69) is 121 Å². The van der Waals surface area contributed by atoms with Gasteiger partial charge in [0, 0.05) is 28.0 Å². The molecule has 222 valence electrons. The monoisotopic (exact) mass is 629 g/mol. The van der Waals surface area contributed by atoms with Crippen LogP contribution in [0.1, 0.15) is 56.7 Å². The third-order valence-corrected chi connectivity index (χ3v) is 7.09. The largest absolute Gasteiger partial charge is 0.489 e. The third-order valence-electron chi connectivity index (χ3n) is 6.59. The molecule has 3 aromatic rings. The molecule has 4 N–H and O–H groups in total. The van der Waals surface area contributed by atoms with Gasteiger partial charge in [-0.05, 0) is 70.0 Å². The summed E-state index contributed by atoms with van der Waals surface area (Å²) in [5.74, 6) is -2.31. The average molecular weight is 631 g/mol. The molecular weight excluding hydrogens is 590 g/mol. The highest BCUT2D eigenvalue weighted by Crippen LogP contribution is 2.37. The van der Waals surface area contributed by atoms with Crippen LogP contribution in [0.25, 0.3) is 0 Å². The topological polar surface area (TPSA) is 128 Å². The number of ether oxygens (including phenoxy) is 1. The molecule has 9 heteroatoms. The molecule has 41 heavy (non-hydrogen) atoms. The highest BCUT2D eigenvalue weighted by Gasteiger charge is 2.29. The van der Waals surface area contributed by atoms with Gasteiger partial charge in [0.2, 0.25) is 0 Å². The highest BCUT2D eigenvalue weighted by molar-refractivity contribution is 9.10. The zero-order valence-corrected chi connectivity index (χ0v) is 25.4. The number of aliphatic hydroxyl groups excluding tert-OH is 2. The van der Waals surface area contributed by atoms with Crippen LogP contribution in [0, 0.1) is 0 Å². The maximum absolute atomic E-state index is 9.77. The first kappa shape index (κ1) is 34.0. The number of aliphatic hydroxyl groups is 2. The number of rotatable bonds is 13. The Balaban J connectivity index is 0.000000503. The molecule has 0 bridgehead atoms. The molecule has 0 spiro atoms.